The first-order valence-electron chi connectivity index (χ1n) is 4.89. The first-order valence-corrected chi connectivity index (χ1v) is 4.89. The standard InChI is InChI=1S/C12H12N2O2/c1-8(5-12(15)16)9-3-4-11-10(6-9)13-7-14(11)2/h3-4,6-7H,1,5H2,2H3,(H,15,16). The van der Waals surface area contributed by atoms with Crippen molar-refractivity contribution in [3.8, 4) is 0 Å². The predicted molar refractivity (Wildman–Crippen MR) is 62.0 cm³/mol. The summed E-state index contributed by atoms with van der Waals surface area (Å²) in [6.07, 6.45) is 1.69. The minimum atomic E-state index is -0.869. The second-order valence-electron chi connectivity index (χ2n) is 3.73. The van der Waals surface area contributed by atoms with Crippen LogP contribution in [0.15, 0.2) is 31.1 Å². The Hall–Kier alpha value is -2.10. The number of nitrogens with zero attached hydrogens (tertiary/aromatic N) is 2. The zero-order chi connectivity index (χ0) is 11.7. The van der Waals surface area contributed by atoms with Crippen molar-refractivity contribution in [1.82, 2.24) is 9.55 Å². The molecule has 0 aliphatic heterocycles. The lowest BCUT2D eigenvalue weighted by Gasteiger charge is -2.03. The molecule has 0 saturated carbocycles. The Morgan fingerprint density at radius 3 is 3.00 bits per heavy atom. The average molecular weight is 216 g/mol. The lowest BCUT2D eigenvalue weighted by atomic mass is 10.0. The van der Waals surface area contributed by atoms with Crippen LogP contribution in [0.2, 0.25) is 0 Å². The van der Waals surface area contributed by atoms with Crippen molar-refractivity contribution in [1.29, 1.82) is 0 Å². The lowest BCUT2D eigenvalue weighted by Crippen LogP contribution is -1.96. The van der Waals surface area contributed by atoms with Crippen molar-refractivity contribution in [3.05, 3.63) is 36.7 Å². The van der Waals surface area contributed by atoms with Crippen molar-refractivity contribution in [3.63, 3.8) is 0 Å². The largest absolute Gasteiger partial charge is 0.481 e. The molecule has 2 aromatic rings. The van der Waals surface area contributed by atoms with E-state index in [4.69, 9.17) is 5.11 Å². The van der Waals surface area contributed by atoms with Gasteiger partial charge >= 0.3 is 5.97 Å². The van der Waals surface area contributed by atoms with Gasteiger partial charge in [0.25, 0.3) is 0 Å². The molecule has 0 atom stereocenters. The van der Waals surface area contributed by atoms with Crippen molar-refractivity contribution in [2.45, 2.75) is 6.42 Å². The van der Waals surface area contributed by atoms with E-state index in [1.54, 1.807) is 6.33 Å². The van der Waals surface area contributed by atoms with Gasteiger partial charge in [0.05, 0.1) is 23.8 Å². The number of carboxylic acids is 1. The molecule has 0 aliphatic rings. The summed E-state index contributed by atoms with van der Waals surface area (Å²) in [5.74, 6) is -0.869. The third-order valence-corrected chi connectivity index (χ3v) is 2.50. The second kappa shape index (κ2) is 3.81. The molecule has 0 aliphatic carbocycles. The zero-order valence-electron chi connectivity index (χ0n) is 8.97. The topological polar surface area (TPSA) is 55.1 Å². The lowest BCUT2D eigenvalue weighted by molar-refractivity contribution is -0.135. The van der Waals surface area contributed by atoms with Crippen LogP contribution in [0.4, 0.5) is 0 Å². The van der Waals surface area contributed by atoms with Gasteiger partial charge in [-0.2, -0.15) is 0 Å². The summed E-state index contributed by atoms with van der Waals surface area (Å²) < 4.78 is 1.92. The third-order valence-electron chi connectivity index (χ3n) is 2.50. The highest BCUT2D eigenvalue weighted by Gasteiger charge is 2.06. The molecule has 0 amide bonds. The molecule has 1 N–H and O–H groups in total. The number of aliphatic carboxylic acids is 1. The molecule has 0 unspecified atom stereocenters. The van der Waals surface area contributed by atoms with Crippen LogP contribution < -0.4 is 0 Å². The van der Waals surface area contributed by atoms with Gasteiger partial charge in [-0.15, -0.1) is 0 Å². The number of imidazole rings is 1. The van der Waals surface area contributed by atoms with E-state index in [1.807, 2.05) is 29.8 Å². The van der Waals surface area contributed by atoms with Crippen molar-refractivity contribution < 1.29 is 9.90 Å². The first kappa shape index (κ1) is 10.4. The number of aryl methyl sites for hydroxylation is 1. The summed E-state index contributed by atoms with van der Waals surface area (Å²) in [5.41, 5.74) is 3.30. The van der Waals surface area contributed by atoms with Gasteiger partial charge in [-0.3, -0.25) is 4.79 Å². The van der Waals surface area contributed by atoms with Crippen LogP contribution in [-0.2, 0) is 11.8 Å². The second-order valence-corrected chi connectivity index (χ2v) is 3.73. The van der Waals surface area contributed by atoms with Crippen molar-refractivity contribution in [2.75, 3.05) is 0 Å². The fraction of sp³-hybridized carbons (Fsp3) is 0.167. The number of carbonyl (C=O) groups is 1. The van der Waals surface area contributed by atoms with Gasteiger partial charge in [0, 0.05) is 7.05 Å². The predicted octanol–water partition coefficient (Wildman–Crippen LogP) is 2.06. The number of benzene rings is 1. The zero-order valence-corrected chi connectivity index (χ0v) is 8.97. The van der Waals surface area contributed by atoms with E-state index in [0.717, 1.165) is 16.6 Å². The van der Waals surface area contributed by atoms with E-state index in [1.165, 1.54) is 0 Å². The molecule has 0 saturated heterocycles. The Kier molecular flexibility index (Phi) is 2.48. The van der Waals surface area contributed by atoms with Crippen molar-refractivity contribution >= 4 is 22.6 Å². The summed E-state index contributed by atoms with van der Waals surface area (Å²) in [6, 6.07) is 5.65. The average Bonchev–Trinajstić information content (AvgIpc) is 2.59. The molecular formula is C12H12N2O2. The molecule has 1 aromatic heterocycles. The Morgan fingerprint density at radius 1 is 1.56 bits per heavy atom. The van der Waals surface area contributed by atoms with E-state index in [-0.39, 0.29) is 6.42 Å². The molecule has 0 bridgehead atoms. The fourth-order valence-electron chi connectivity index (χ4n) is 1.64. The highest BCUT2D eigenvalue weighted by Crippen LogP contribution is 2.21. The van der Waals surface area contributed by atoms with Gasteiger partial charge in [-0.1, -0.05) is 12.6 Å². The smallest absolute Gasteiger partial charge is 0.307 e. The first-order chi connectivity index (χ1) is 7.58. The number of hydrogen-bond donors (Lipinski definition) is 1. The van der Waals surface area contributed by atoms with Crippen LogP contribution in [0.5, 0.6) is 0 Å². The Morgan fingerprint density at radius 2 is 2.31 bits per heavy atom. The van der Waals surface area contributed by atoms with Gasteiger partial charge in [-0.25, -0.2) is 4.98 Å². The highest BCUT2D eigenvalue weighted by atomic mass is 16.4. The van der Waals surface area contributed by atoms with Gasteiger partial charge in [0.15, 0.2) is 0 Å². The van der Waals surface area contributed by atoms with E-state index in [0.29, 0.717) is 5.57 Å². The van der Waals surface area contributed by atoms with E-state index in [9.17, 15) is 4.79 Å². The number of aromatic nitrogens is 2. The van der Waals surface area contributed by atoms with E-state index in [2.05, 4.69) is 11.6 Å². The molecule has 82 valence electrons. The normalized spacial score (nSPS) is 10.6. The van der Waals surface area contributed by atoms with Crippen molar-refractivity contribution in [2.24, 2.45) is 7.05 Å². The van der Waals surface area contributed by atoms with Crippen LogP contribution in [0.25, 0.3) is 16.6 Å². The van der Waals surface area contributed by atoms with E-state index < -0.39 is 5.97 Å². The summed E-state index contributed by atoms with van der Waals surface area (Å²) in [6.45, 7) is 3.76. The number of carboxylic acid groups (broad SMARTS) is 1. The maximum atomic E-state index is 10.6. The molecular weight excluding hydrogens is 204 g/mol. The molecule has 0 fully saturated rings. The van der Waals surface area contributed by atoms with Gasteiger partial charge in [0.2, 0.25) is 0 Å². The minimum absolute atomic E-state index is 0.0433. The van der Waals surface area contributed by atoms with Gasteiger partial charge in [0.1, 0.15) is 0 Å². The summed E-state index contributed by atoms with van der Waals surface area (Å²) in [5, 5.41) is 8.68. The minimum Gasteiger partial charge on any atom is -0.481 e. The summed E-state index contributed by atoms with van der Waals surface area (Å²) in [4.78, 5) is 14.8. The monoisotopic (exact) mass is 216 g/mol. The highest BCUT2D eigenvalue weighted by molar-refractivity contribution is 5.86. The van der Waals surface area contributed by atoms with Crippen LogP contribution in [0, 0.1) is 0 Å². The van der Waals surface area contributed by atoms with Crippen LogP contribution in [0.3, 0.4) is 0 Å². The SMILES string of the molecule is C=C(CC(=O)O)c1ccc2c(c1)ncn2C. The molecule has 0 spiro atoms. The summed E-state index contributed by atoms with van der Waals surface area (Å²) >= 11 is 0. The maximum absolute atomic E-state index is 10.6. The van der Waals surface area contributed by atoms with E-state index >= 15 is 0 Å². The number of hydrogen-bond acceptors (Lipinski definition) is 2. The Bertz CT molecular complexity index is 569. The molecule has 16 heavy (non-hydrogen) atoms. The maximum Gasteiger partial charge on any atom is 0.307 e. The number of fused-ring (bicyclic) bond motifs is 1. The fourth-order valence-corrected chi connectivity index (χ4v) is 1.64. The third kappa shape index (κ3) is 1.82. The molecule has 1 heterocycles. The Balaban J connectivity index is 2.39. The molecule has 1 aromatic carbocycles. The Labute approximate surface area is 92.8 Å². The van der Waals surface area contributed by atoms with Crippen LogP contribution in [-0.4, -0.2) is 20.6 Å². The van der Waals surface area contributed by atoms with Gasteiger partial charge in [-0.05, 0) is 23.3 Å². The quantitative estimate of drug-likeness (QED) is 0.854. The van der Waals surface area contributed by atoms with Crippen LogP contribution >= 0.6 is 0 Å². The van der Waals surface area contributed by atoms with Gasteiger partial charge < -0.3 is 9.67 Å². The summed E-state index contributed by atoms with van der Waals surface area (Å²) in [7, 11) is 1.92. The molecule has 4 nitrogen and oxygen atoms in total. The van der Waals surface area contributed by atoms with Crippen LogP contribution in [0.1, 0.15) is 12.0 Å². The molecule has 4 heteroatoms. The molecule has 0 radical (unpaired) electrons. The molecule has 2 rings (SSSR count). The number of rotatable bonds is 3.